The molecule has 0 spiro atoms. The topological polar surface area (TPSA) is 87.1 Å². The highest BCUT2D eigenvalue weighted by atomic mass is 16.6. The van der Waals surface area contributed by atoms with Crippen molar-refractivity contribution >= 4 is 12.1 Å². The van der Waals surface area contributed by atoms with E-state index >= 15 is 0 Å². The van der Waals surface area contributed by atoms with Gasteiger partial charge in [-0.3, -0.25) is 4.79 Å². The molecule has 0 radical (unpaired) electrons. The van der Waals surface area contributed by atoms with Gasteiger partial charge < -0.3 is 19.8 Å². The Bertz CT molecular complexity index is 504. The smallest absolute Gasteiger partial charge is 0.410 e. The van der Waals surface area contributed by atoms with Gasteiger partial charge in [-0.1, -0.05) is 30.3 Å². The monoisotopic (exact) mass is 293 g/mol. The van der Waals surface area contributed by atoms with Crippen LogP contribution in [0.5, 0.6) is 0 Å². The highest BCUT2D eigenvalue weighted by Crippen LogP contribution is 2.25. The van der Waals surface area contributed by atoms with Gasteiger partial charge in [-0.2, -0.15) is 0 Å². The van der Waals surface area contributed by atoms with E-state index in [2.05, 4.69) is 0 Å². The summed E-state index contributed by atoms with van der Waals surface area (Å²) in [5.41, 5.74) is -0.487. The number of hydrogen-bond acceptors (Lipinski definition) is 4. The van der Waals surface area contributed by atoms with E-state index in [-0.39, 0.29) is 19.6 Å². The van der Waals surface area contributed by atoms with Crippen molar-refractivity contribution in [2.75, 3.05) is 13.1 Å². The molecule has 1 saturated heterocycles. The van der Waals surface area contributed by atoms with Gasteiger partial charge in [-0.15, -0.1) is 0 Å². The summed E-state index contributed by atoms with van der Waals surface area (Å²) in [6.07, 6.45) is 0.0453. The normalized spacial score (nSPS) is 21.9. The Kier molecular flexibility index (Phi) is 4.80. The number of likely N-dealkylation sites (tertiary alicyclic amines) is 1. The first-order valence-corrected chi connectivity index (χ1v) is 6.88. The zero-order chi connectivity index (χ0) is 15.3. The highest BCUT2D eigenvalue weighted by Gasteiger charge is 2.37. The second kappa shape index (κ2) is 6.58. The SMILES string of the molecule is O=C(O)C[C@]1(O)CCCN(C(=O)OCc2ccccc2)C1. The van der Waals surface area contributed by atoms with Crippen LogP contribution in [0, 0.1) is 0 Å². The van der Waals surface area contributed by atoms with Crippen molar-refractivity contribution in [1.82, 2.24) is 4.90 Å². The number of carbonyl (C=O) groups is 2. The maximum absolute atomic E-state index is 12.0. The van der Waals surface area contributed by atoms with Crippen LogP contribution in [0.3, 0.4) is 0 Å². The van der Waals surface area contributed by atoms with Crippen LogP contribution in [-0.4, -0.2) is 45.9 Å². The van der Waals surface area contributed by atoms with Crippen molar-refractivity contribution in [2.45, 2.75) is 31.5 Å². The summed E-state index contributed by atoms with van der Waals surface area (Å²) >= 11 is 0. The number of aliphatic carboxylic acids is 1. The van der Waals surface area contributed by atoms with Crippen LogP contribution < -0.4 is 0 Å². The molecule has 21 heavy (non-hydrogen) atoms. The Morgan fingerprint density at radius 3 is 2.67 bits per heavy atom. The zero-order valence-electron chi connectivity index (χ0n) is 11.7. The fraction of sp³-hybridized carbons (Fsp3) is 0.467. The van der Waals surface area contributed by atoms with Gasteiger partial charge in [0, 0.05) is 6.54 Å². The molecule has 114 valence electrons. The summed E-state index contributed by atoms with van der Waals surface area (Å²) in [5, 5.41) is 19.0. The fourth-order valence-electron chi connectivity index (χ4n) is 2.50. The predicted octanol–water partition coefficient (Wildman–Crippen LogP) is 1.62. The predicted molar refractivity (Wildman–Crippen MR) is 74.6 cm³/mol. The fourth-order valence-corrected chi connectivity index (χ4v) is 2.50. The van der Waals surface area contributed by atoms with Gasteiger partial charge >= 0.3 is 12.1 Å². The zero-order valence-corrected chi connectivity index (χ0v) is 11.7. The quantitative estimate of drug-likeness (QED) is 0.881. The molecule has 1 aliphatic heterocycles. The van der Waals surface area contributed by atoms with Crippen LogP contribution in [0.15, 0.2) is 30.3 Å². The molecule has 2 N–H and O–H groups in total. The number of carbonyl (C=O) groups excluding carboxylic acids is 1. The van der Waals surface area contributed by atoms with Crippen molar-refractivity contribution in [2.24, 2.45) is 0 Å². The average molecular weight is 293 g/mol. The minimum atomic E-state index is -1.37. The van der Waals surface area contributed by atoms with Gasteiger partial charge in [0.2, 0.25) is 0 Å². The second-order valence-electron chi connectivity index (χ2n) is 5.36. The van der Waals surface area contributed by atoms with E-state index in [1.807, 2.05) is 30.3 Å². The lowest BCUT2D eigenvalue weighted by molar-refractivity contribution is -0.144. The van der Waals surface area contributed by atoms with Crippen LogP contribution in [0.4, 0.5) is 4.79 Å². The first kappa shape index (κ1) is 15.3. The first-order valence-electron chi connectivity index (χ1n) is 6.88. The van der Waals surface area contributed by atoms with E-state index in [0.717, 1.165) is 5.56 Å². The van der Waals surface area contributed by atoms with Crippen LogP contribution in [0.2, 0.25) is 0 Å². The molecular formula is C15H19NO5. The van der Waals surface area contributed by atoms with Crippen molar-refractivity contribution in [3.8, 4) is 0 Å². The maximum atomic E-state index is 12.0. The number of carboxylic acids is 1. The van der Waals surface area contributed by atoms with E-state index in [4.69, 9.17) is 9.84 Å². The van der Waals surface area contributed by atoms with Crippen LogP contribution in [0.25, 0.3) is 0 Å². The minimum Gasteiger partial charge on any atom is -0.481 e. The third-order valence-electron chi connectivity index (χ3n) is 3.50. The molecule has 1 atom stereocenters. The van der Waals surface area contributed by atoms with Crippen molar-refractivity contribution in [3.05, 3.63) is 35.9 Å². The summed E-state index contributed by atoms with van der Waals surface area (Å²) in [4.78, 5) is 24.1. The number of hydrogen-bond donors (Lipinski definition) is 2. The van der Waals surface area contributed by atoms with E-state index < -0.39 is 17.7 Å². The van der Waals surface area contributed by atoms with Gasteiger partial charge in [0.1, 0.15) is 6.61 Å². The number of carboxylic acid groups (broad SMARTS) is 1. The summed E-state index contributed by atoms with van der Waals surface area (Å²) in [6, 6.07) is 9.29. The molecule has 0 aromatic heterocycles. The number of benzene rings is 1. The third kappa shape index (κ3) is 4.46. The van der Waals surface area contributed by atoms with E-state index in [0.29, 0.717) is 19.4 Å². The van der Waals surface area contributed by atoms with Crippen LogP contribution in [-0.2, 0) is 16.1 Å². The lowest BCUT2D eigenvalue weighted by atomic mass is 9.90. The minimum absolute atomic E-state index is 0.00702. The van der Waals surface area contributed by atoms with Gasteiger partial charge in [0.25, 0.3) is 0 Å². The molecule has 1 aromatic rings. The molecular weight excluding hydrogens is 274 g/mol. The average Bonchev–Trinajstić information content (AvgIpc) is 2.44. The van der Waals surface area contributed by atoms with Gasteiger partial charge in [0.15, 0.2) is 0 Å². The molecule has 2 rings (SSSR count). The Morgan fingerprint density at radius 2 is 2.00 bits per heavy atom. The summed E-state index contributed by atoms with van der Waals surface area (Å²) in [7, 11) is 0. The van der Waals surface area contributed by atoms with Gasteiger partial charge in [-0.05, 0) is 18.4 Å². The van der Waals surface area contributed by atoms with E-state index in [1.165, 1.54) is 4.90 Å². The number of piperidine rings is 1. The molecule has 1 heterocycles. The van der Waals surface area contributed by atoms with Crippen molar-refractivity contribution in [1.29, 1.82) is 0 Å². The Labute approximate surface area is 122 Å². The van der Waals surface area contributed by atoms with Gasteiger partial charge in [-0.25, -0.2) is 4.79 Å². The standard InChI is InChI=1S/C15H19NO5/c17-13(18)9-15(20)7-4-8-16(11-15)14(19)21-10-12-5-2-1-3-6-12/h1-3,5-6,20H,4,7-11H2,(H,17,18)/t15-/m1/s1. The lowest BCUT2D eigenvalue weighted by Gasteiger charge is -2.37. The lowest BCUT2D eigenvalue weighted by Crippen LogP contribution is -2.51. The number of amides is 1. The number of ether oxygens (including phenoxy) is 1. The Balaban J connectivity index is 1.88. The maximum Gasteiger partial charge on any atom is 0.410 e. The molecule has 0 aliphatic carbocycles. The number of nitrogens with zero attached hydrogens (tertiary/aromatic N) is 1. The Morgan fingerprint density at radius 1 is 1.29 bits per heavy atom. The van der Waals surface area contributed by atoms with Crippen LogP contribution in [0.1, 0.15) is 24.8 Å². The Hall–Kier alpha value is -2.08. The summed E-state index contributed by atoms with van der Waals surface area (Å²) in [6.45, 7) is 0.621. The highest BCUT2D eigenvalue weighted by molar-refractivity contribution is 5.70. The summed E-state index contributed by atoms with van der Waals surface area (Å²) < 4.78 is 5.19. The van der Waals surface area contributed by atoms with Crippen molar-refractivity contribution < 1.29 is 24.5 Å². The van der Waals surface area contributed by atoms with Gasteiger partial charge in [0.05, 0.1) is 18.6 Å². The molecule has 1 fully saturated rings. The number of rotatable bonds is 4. The van der Waals surface area contributed by atoms with E-state index in [9.17, 15) is 14.7 Å². The molecule has 0 bridgehead atoms. The molecule has 6 heteroatoms. The molecule has 0 unspecified atom stereocenters. The number of aliphatic hydroxyl groups is 1. The molecule has 1 aliphatic rings. The van der Waals surface area contributed by atoms with Crippen molar-refractivity contribution in [3.63, 3.8) is 0 Å². The van der Waals surface area contributed by atoms with E-state index in [1.54, 1.807) is 0 Å². The van der Waals surface area contributed by atoms with Crippen LogP contribution >= 0.6 is 0 Å². The molecule has 1 aromatic carbocycles. The molecule has 0 saturated carbocycles. The molecule has 1 amide bonds. The second-order valence-corrected chi connectivity index (χ2v) is 5.36. The molecule has 6 nitrogen and oxygen atoms in total. The first-order chi connectivity index (χ1) is 9.98. The third-order valence-corrected chi connectivity index (χ3v) is 3.50. The summed E-state index contributed by atoms with van der Waals surface area (Å²) in [5.74, 6) is -1.07. The largest absolute Gasteiger partial charge is 0.481 e. The number of β-amino-alcohol motifs (C(OH)–C–C–N with tert-alkyl or cyclic N) is 1.